The third-order valence-corrected chi connectivity index (χ3v) is 2.37. The molecular weight excluding hydrogens is 252 g/mol. The van der Waals surface area contributed by atoms with Crippen molar-refractivity contribution >= 4 is 28.7 Å². The molecule has 2 N–H and O–H groups in total. The van der Waals surface area contributed by atoms with Crippen molar-refractivity contribution in [1.29, 1.82) is 0 Å². The second-order valence-corrected chi connectivity index (χ2v) is 3.88. The van der Waals surface area contributed by atoms with Gasteiger partial charge in [0, 0.05) is 24.2 Å². The van der Waals surface area contributed by atoms with Crippen LogP contribution in [0.15, 0.2) is 29.4 Å². The van der Waals surface area contributed by atoms with Crippen LogP contribution in [-0.2, 0) is 0 Å². The lowest BCUT2D eigenvalue weighted by atomic mass is 10.1. The van der Waals surface area contributed by atoms with Gasteiger partial charge in [-0.05, 0) is 26.1 Å². The molecule has 0 aliphatic rings. The molecule has 7 heteroatoms. The molecule has 0 heterocycles. The average molecular weight is 266 g/mol. The van der Waals surface area contributed by atoms with Crippen LogP contribution in [0.2, 0.25) is 0 Å². The molecule has 1 rings (SSSR count). The van der Waals surface area contributed by atoms with E-state index in [0.29, 0.717) is 22.9 Å². The van der Waals surface area contributed by atoms with Gasteiger partial charge in [-0.25, -0.2) is 0 Å². The Balaban J connectivity index is 2.80. The Morgan fingerprint density at radius 1 is 1.56 bits per heavy atom. The lowest BCUT2D eigenvalue weighted by Crippen LogP contribution is -2.32. The number of hydrogen-bond acceptors (Lipinski definition) is 4. The summed E-state index contributed by atoms with van der Waals surface area (Å²) in [5, 5.41) is 18.0. The van der Waals surface area contributed by atoms with Crippen LogP contribution in [0, 0.1) is 10.1 Å². The summed E-state index contributed by atoms with van der Waals surface area (Å²) in [5.41, 5.74) is 4.01. The zero-order valence-corrected chi connectivity index (χ0v) is 11.0. The summed E-state index contributed by atoms with van der Waals surface area (Å²) in [5.74, 6) is 0. The van der Waals surface area contributed by atoms with Gasteiger partial charge in [-0.1, -0.05) is 12.1 Å². The van der Waals surface area contributed by atoms with E-state index in [-0.39, 0.29) is 5.69 Å². The van der Waals surface area contributed by atoms with Gasteiger partial charge in [-0.2, -0.15) is 5.10 Å². The molecule has 0 aromatic heterocycles. The van der Waals surface area contributed by atoms with E-state index in [4.69, 9.17) is 12.2 Å². The van der Waals surface area contributed by atoms with Crippen LogP contribution in [0.4, 0.5) is 5.69 Å². The summed E-state index contributed by atoms with van der Waals surface area (Å²) >= 11 is 4.95. The van der Waals surface area contributed by atoms with Gasteiger partial charge >= 0.3 is 0 Å². The normalized spacial score (nSPS) is 10.9. The zero-order chi connectivity index (χ0) is 13.5. The number of benzene rings is 1. The fraction of sp³-hybridized carbons (Fsp3) is 0.273. The maximum absolute atomic E-state index is 10.6. The van der Waals surface area contributed by atoms with Crippen molar-refractivity contribution in [2.24, 2.45) is 5.10 Å². The minimum atomic E-state index is -0.437. The summed E-state index contributed by atoms with van der Waals surface area (Å²) in [6.07, 6.45) is 0. The standard InChI is InChI=1S/C11H14N4O2S/c1-3-12-11(18)14-13-8(2)9-5-4-6-10(7-9)15(16)17/h4-7H,3H2,1-2H3,(H2,12,14,18)/b13-8-. The quantitative estimate of drug-likeness (QED) is 0.376. The highest BCUT2D eigenvalue weighted by molar-refractivity contribution is 7.80. The Morgan fingerprint density at radius 2 is 2.28 bits per heavy atom. The van der Waals surface area contributed by atoms with Crippen molar-refractivity contribution < 1.29 is 4.92 Å². The maximum Gasteiger partial charge on any atom is 0.270 e. The number of non-ortho nitro benzene ring substituents is 1. The van der Waals surface area contributed by atoms with Crippen LogP contribution in [-0.4, -0.2) is 22.3 Å². The smallest absolute Gasteiger partial charge is 0.270 e. The van der Waals surface area contributed by atoms with Crippen LogP contribution in [0.3, 0.4) is 0 Å². The predicted octanol–water partition coefficient (Wildman–Crippen LogP) is 1.80. The highest BCUT2D eigenvalue weighted by Crippen LogP contribution is 2.13. The number of nitrogens with one attached hydrogen (secondary N) is 2. The molecule has 0 spiro atoms. The molecule has 0 atom stereocenters. The van der Waals surface area contributed by atoms with Crippen LogP contribution < -0.4 is 10.7 Å². The number of thiocarbonyl (C=S) groups is 1. The minimum Gasteiger partial charge on any atom is -0.362 e. The first-order chi connectivity index (χ1) is 8.54. The first-order valence-corrected chi connectivity index (χ1v) is 5.78. The lowest BCUT2D eigenvalue weighted by molar-refractivity contribution is -0.384. The third kappa shape index (κ3) is 4.10. The second-order valence-electron chi connectivity index (χ2n) is 3.48. The van der Waals surface area contributed by atoms with Crippen LogP contribution in [0.25, 0.3) is 0 Å². The lowest BCUT2D eigenvalue weighted by Gasteiger charge is -2.05. The molecule has 0 amide bonds. The van der Waals surface area contributed by atoms with Gasteiger partial charge in [0.05, 0.1) is 10.6 Å². The van der Waals surface area contributed by atoms with Crippen LogP contribution >= 0.6 is 12.2 Å². The molecule has 1 aromatic rings. The van der Waals surface area contributed by atoms with Crippen molar-refractivity contribution in [3.05, 3.63) is 39.9 Å². The van der Waals surface area contributed by atoms with Gasteiger partial charge in [0.25, 0.3) is 5.69 Å². The van der Waals surface area contributed by atoms with Crippen molar-refractivity contribution in [2.45, 2.75) is 13.8 Å². The van der Waals surface area contributed by atoms with E-state index < -0.39 is 4.92 Å². The fourth-order valence-corrected chi connectivity index (χ4v) is 1.43. The molecule has 0 bridgehead atoms. The van der Waals surface area contributed by atoms with Crippen molar-refractivity contribution in [3.63, 3.8) is 0 Å². The molecule has 0 aliphatic heterocycles. The molecular formula is C11H14N4O2S. The monoisotopic (exact) mass is 266 g/mol. The summed E-state index contributed by atoms with van der Waals surface area (Å²) in [6.45, 7) is 4.38. The molecule has 0 fully saturated rings. The highest BCUT2D eigenvalue weighted by Gasteiger charge is 2.07. The molecule has 0 unspecified atom stereocenters. The van der Waals surface area contributed by atoms with E-state index in [2.05, 4.69) is 15.8 Å². The number of hydrogen-bond donors (Lipinski definition) is 2. The number of nitro groups is 1. The summed E-state index contributed by atoms with van der Waals surface area (Å²) in [7, 11) is 0. The van der Waals surface area contributed by atoms with E-state index >= 15 is 0 Å². The van der Waals surface area contributed by atoms with Crippen LogP contribution in [0.1, 0.15) is 19.4 Å². The Morgan fingerprint density at radius 3 is 2.89 bits per heavy atom. The van der Waals surface area contributed by atoms with Gasteiger partial charge in [-0.15, -0.1) is 0 Å². The zero-order valence-electron chi connectivity index (χ0n) is 10.1. The first kappa shape index (κ1) is 14.0. The summed E-state index contributed by atoms with van der Waals surface area (Å²) in [4.78, 5) is 10.2. The SMILES string of the molecule is CCNC(=S)N/N=C(/C)c1cccc([N+](=O)[O-])c1. The Kier molecular flexibility index (Phi) is 5.19. The third-order valence-electron chi connectivity index (χ3n) is 2.14. The number of nitro benzene ring substituents is 1. The largest absolute Gasteiger partial charge is 0.362 e. The number of nitrogens with zero attached hydrogens (tertiary/aromatic N) is 2. The topological polar surface area (TPSA) is 79.6 Å². The van der Waals surface area contributed by atoms with Gasteiger partial charge in [0.15, 0.2) is 5.11 Å². The average Bonchev–Trinajstić information content (AvgIpc) is 2.36. The van der Waals surface area contributed by atoms with E-state index in [1.807, 2.05) is 6.92 Å². The van der Waals surface area contributed by atoms with Gasteiger partial charge in [0.2, 0.25) is 0 Å². The second kappa shape index (κ2) is 6.65. The number of rotatable bonds is 4. The van der Waals surface area contributed by atoms with Crippen LogP contribution in [0.5, 0.6) is 0 Å². The minimum absolute atomic E-state index is 0.0382. The van der Waals surface area contributed by atoms with Gasteiger partial charge < -0.3 is 5.32 Å². The summed E-state index contributed by atoms with van der Waals surface area (Å²) in [6, 6.07) is 6.28. The van der Waals surface area contributed by atoms with E-state index in [1.54, 1.807) is 19.1 Å². The molecule has 0 saturated heterocycles. The number of hydrazone groups is 1. The predicted molar refractivity (Wildman–Crippen MR) is 74.7 cm³/mol. The molecule has 0 aliphatic carbocycles. The summed E-state index contributed by atoms with van der Waals surface area (Å²) < 4.78 is 0. The molecule has 0 saturated carbocycles. The van der Waals surface area contributed by atoms with E-state index in [9.17, 15) is 10.1 Å². The van der Waals surface area contributed by atoms with Gasteiger partial charge in [-0.3, -0.25) is 15.5 Å². The molecule has 18 heavy (non-hydrogen) atoms. The van der Waals surface area contributed by atoms with Crippen molar-refractivity contribution in [1.82, 2.24) is 10.7 Å². The van der Waals surface area contributed by atoms with Crippen molar-refractivity contribution in [2.75, 3.05) is 6.54 Å². The highest BCUT2D eigenvalue weighted by atomic mass is 32.1. The fourth-order valence-electron chi connectivity index (χ4n) is 1.24. The van der Waals surface area contributed by atoms with Gasteiger partial charge in [0.1, 0.15) is 0 Å². The molecule has 96 valence electrons. The molecule has 0 radical (unpaired) electrons. The Hall–Kier alpha value is -2.02. The van der Waals surface area contributed by atoms with E-state index in [1.165, 1.54) is 12.1 Å². The molecule has 6 nitrogen and oxygen atoms in total. The first-order valence-electron chi connectivity index (χ1n) is 5.37. The Labute approximate surface area is 110 Å². The molecule has 1 aromatic carbocycles. The Bertz CT molecular complexity index is 488. The van der Waals surface area contributed by atoms with E-state index in [0.717, 1.165) is 0 Å². The maximum atomic E-state index is 10.6. The van der Waals surface area contributed by atoms with Crippen molar-refractivity contribution in [3.8, 4) is 0 Å².